The Hall–Kier alpha value is -2.68. The summed E-state index contributed by atoms with van der Waals surface area (Å²) in [6, 6.07) is 16.7. The average Bonchev–Trinajstić information content (AvgIpc) is 2.78. The van der Waals surface area contributed by atoms with E-state index < -0.39 is 0 Å². The van der Waals surface area contributed by atoms with Crippen molar-refractivity contribution < 1.29 is 4.79 Å². The molecule has 0 spiro atoms. The minimum absolute atomic E-state index is 0.0581. The summed E-state index contributed by atoms with van der Waals surface area (Å²) in [5.41, 5.74) is 6.11. The highest BCUT2D eigenvalue weighted by Gasteiger charge is 2.53. The first-order valence-electron chi connectivity index (χ1n) is 12.7. The summed E-state index contributed by atoms with van der Waals surface area (Å²) in [5.74, 6) is 2.70. The summed E-state index contributed by atoms with van der Waals surface area (Å²) in [5, 5.41) is 4.45. The molecule has 4 bridgehead atoms. The Labute approximate surface area is 197 Å². The van der Waals surface area contributed by atoms with E-state index in [4.69, 9.17) is 4.98 Å². The van der Waals surface area contributed by atoms with Crippen LogP contribution in [0.3, 0.4) is 0 Å². The number of nitrogens with one attached hydrogen (secondary N) is 1. The molecule has 0 radical (unpaired) electrons. The molecule has 0 aliphatic heterocycles. The van der Waals surface area contributed by atoms with E-state index in [0.29, 0.717) is 5.41 Å². The number of carbonyl (C=O) groups is 1. The second kappa shape index (κ2) is 7.68. The van der Waals surface area contributed by atoms with E-state index in [2.05, 4.69) is 50.4 Å². The quantitative estimate of drug-likeness (QED) is 0.484. The van der Waals surface area contributed by atoms with E-state index in [0.717, 1.165) is 51.0 Å². The van der Waals surface area contributed by atoms with Crippen molar-refractivity contribution in [1.29, 1.82) is 0 Å². The van der Waals surface area contributed by atoms with Crippen LogP contribution in [0.15, 0.2) is 48.5 Å². The molecule has 1 atom stereocenters. The van der Waals surface area contributed by atoms with Crippen molar-refractivity contribution in [3.63, 3.8) is 0 Å². The van der Waals surface area contributed by atoms with E-state index >= 15 is 0 Å². The Balaban J connectivity index is 1.37. The molecule has 1 N–H and O–H groups in total. The third-order valence-electron chi connectivity index (χ3n) is 9.04. The van der Waals surface area contributed by atoms with E-state index in [1.807, 2.05) is 24.3 Å². The van der Waals surface area contributed by atoms with Crippen LogP contribution in [0.4, 0.5) is 0 Å². The highest BCUT2D eigenvalue weighted by Crippen LogP contribution is 2.61. The lowest BCUT2D eigenvalue weighted by Crippen LogP contribution is -2.55. The second-order valence-electron chi connectivity index (χ2n) is 11.3. The van der Waals surface area contributed by atoms with Crippen molar-refractivity contribution in [3.05, 3.63) is 65.2 Å². The molecule has 3 aromatic rings. The topological polar surface area (TPSA) is 42.0 Å². The smallest absolute Gasteiger partial charge is 0.252 e. The van der Waals surface area contributed by atoms with Gasteiger partial charge in [0.15, 0.2) is 0 Å². The summed E-state index contributed by atoms with van der Waals surface area (Å²) >= 11 is 0. The van der Waals surface area contributed by atoms with Gasteiger partial charge in [-0.15, -0.1) is 0 Å². The fourth-order valence-corrected chi connectivity index (χ4v) is 7.72. The van der Waals surface area contributed by atoms with Crippen LogP contribution in [0.2, 0.25) is 0 Å². The molecular formula is C30H34N2O. The predicted octanol–water partition coefficient (Wildman–Crippen LogP) is 6.85. The van der Waals surface area contributed by atoms with Gasteiger partial charge in [-0.1, -0.05) is 48.0 Å². The molecule has 33 heavy (non-hydrogen) atoms. The molecule has 1 aromatic heterocycles. The first-order chi connectivity index (χ1) is 15.9. The Morgan fingerprint density at radius 2 is 1.55 bits per heavy atom. The molecule has 3 nitrogen and oxygen atoms in total. The number of fused-ring (bicyclic) bond motifs is 1. The molecule has 0 saturated heterocycles. The molecule has 3 heteroatoms. The van der Waals surface area contributed by atoms with Gasteiger partial charge in [0.25, 0.3) is 5.91 Å². The van der Waals surface area contributed by atoms with Gasteiger partial charge >= 0.3 is 0 Å². The normalized spacial score (nSPS) is 28.8. The minimum Gasteiger partial charge on any atom is -0.349 e. The zero-order valence-corrected chi connectivity index (χ0v) is 20.0. The van der Waals surface area contributed by atoms with Gasteiger partial charge in [0.2, 0.25) is 0 Å². The fourth-order valence-electron chi connectivity index (χ4n) is 7.72. The third kappa shape index (κ3) is 3.48. The van der Waals surface area contributed by atoms with Crippen LogP contribution in [0.25, 0.3) is 22.2 Å². The van der Waals surface area contributed by atoms with Crippen molar-refractivity contribution in [2.75, 3.05) is 0 Å². The second-order valence-corrected chi connectivity index (χ2v) is 11.3. The molecule has 4 fully saturated rings. The van der Waals surface area contributed by atoms with Gasteiger partial charge in [-0.25, -0.2) is 4.98 Å². The third-order valence-corrected chi connectivity index (χ3v) is 9.04. The number of amides is 1. The number of hydrogen-bond acceptors (Lipinski definition) is 2. The summed E-state index contributed by atoms with van der Waals surface area (Å²) in [7, 11) is 0. The number of pyridine rings is 1. The average molecular weight is 439 g/mol. The first-order valence-corrected chi connectivity index (χ1v) is 12.7. The van der Waals surface area contributed by atoms with Crippen LogP contribution >= 0.6 is 0 Å². The monoisotopic (exact) mass is 438 g/mol. The van der Waals surface area contributed by atoms with Crippen LogP contribution in [0.1, 0.15) is 66.9 Å². The molecule has 1 heterocycles. The van der Waals surface area contributed by atoms with Crippen LogP contribution < -0.4 is 5.32 Å². The Bertz CT molecular complexity index is 1190. The van der Waals surface area contributed by atoms with E-state index in [1.165, 1.54) is 44.1 Å². The van der Waals surface area contributed by atoms with Crippen LogP contribution in [-0.4, -0.2) is 16.9 Å². The fraction of sp³-hybridized carbons (Fsp3) is 0.467. The van der Waals surface area contributed by atoms with E-state index in [9.17, 15) is 4.79 Å². The van der Waals surface area contributed by atoms with Gasteiger partial charge < -0.3 is 5.32 Å². The molecule has 7 rings (SSSR count). The maximum Gasteiger partial charge on any atom is 0.252 e. The van der Waals surface area contributed by atoms with Crippen molar-refractivity contribution in [2.45, 2.75) is 65.3 Å². The molecule has 4 saturated carbocycles. The van der Waals surface area contributed by atoms with Gasteiger partial charge in [-0.2, -0.15) is 0 Å². The van der Waals surface area contributed by atoms with E-state index in [-0.39, 0.29) is 11.9 Å². The van der Waals surface area contributed by atoms with Gasteiger partial charge in [0.1, 0.15) is 0 Å². The lowest BCUT2D eigenvalue weighted by Gasteiger charge is -2.59. The number of benzene rings is 2. The highest BCUT2D eigenvalue weighted by molar-refractivity contribution is 6.09. The SMILES string of the molecule is Cc1ccc(-c2nc3ccccc3c(C(=O)NC(C)C34CC5CC(CC(C5)C3)C4)c2C)cc1. The van der Waals surface area contributed by atoms with Gasteiger partial charge in [0, 0.05) is 17.0 Å². The van der Waals surface area contributed by atoms with Crippen molar-refractivity contribution >= 4 is 16.8 Å². The van der Waals surface area contributed by atoms with Crippen LogP contribution in [0.5, 0.6) is 0 Å². The summed E-state index contributed by atoms with van der Waals surface area (Å²) in [4.78, 5) is 18.9. The number of rotatable bonds is 4. The summed E-state index contributed by atoms with van der Waals surface area (Å²) in [6.07, 6.45) is 8.16. The summed E-state index contributed by atoms with van der Waals surface area (Å²) in [6.45, 7) is 6.42. The number of carbonyl (C=O) groups excluding carboxylic acids is 1. The Morgan fingerprint density at radius 1 is 0.939 bits per heavy atom. The number of hydrogen-bond donors (Lipinski definition) is 1. The highest BCUT2D eigenvalue weighted by atomic mass is 16.1. The van der Waals surface area contributed by atoms with Crippen molar-refractivity contribution in [2.24, 2.45) is 23.2 Å². The molecule has 2 aromatic carbocycles. The molecular weight excluding hydrogens is 404 g/mol. The van der Waals surface area contributed by atoms with Crippen molar-refractivity contribution in [3.8, 4) is 11.3 Å². The Kier molecular flexibility index (Phi) is 4.87. The number of nitrogens with zero attached hydrogens (tertiary/aromatic N) is 1. The number of aryl methyl sites for hydroxylation is 1. The predicted molar refractivity (Wildman–Crippen MR) is 134 cm³/mol. The van der Waals surface area contributed by atoms with Crippen LogP contribution in [0, 0.1) is 37.0 Å². The zero-order chi connectivity index (χ0) is 22.7. The molecule has 4 aliphatic carbocycles. The van der Waals surface area contributed by atoms with Crippen LogP contribution in [-0.2, 0) is 0 Å². The maximum absolute atomic E-state index is 13.9. The standard InChI is InChI=1S/C30H34N2O/c1-18-8-10-24(11-9-18)28-19(2)27(25-6-4-5-7-26(25)32-28)29(33)31-20(3)30-15-21-12-22(16-30)14-23(13-21)17-30/h4-11,20-23H,12-17H2,1-3H3,(H,31,33). The first kappa shape index (κ1) is 20.9. The molecule has 4 aliphatic rings. The molecule has 1 unspecified atom stereocenters. The summed E-state index contributed by atoms with van der Waals surface area (Å²) < 4.78 is 0. The Morgan fingerprint density at radius 3 is 2.18 bits per heavy atom. The number of para-hydroxylation sites is 1. The molecule has 170 valence electrons. The van der Waals surface area contributed by atoms with Crippen molar-refractivity contribution in [1.82, 2.24) is 10.3 Å². The lowest BCUT2D eigenvalue weighted by atomic mass is 9.48. The van der Waals surface area contributed by atoms with Gasteiger partial charge in [0.05, 0.1) is 16.8 Å². The van der Waals surface area contributed by atoms with E-state index in [1.54, 1.807) is 0 Å². The zero-order valence-electron chi connectivity index (χ0n) is 20.0. The number of aromatic nitrogens is 1. The largest absolute Gasteiger partial charge is 0.349 e. The van der Waals surface area contributed by atoms with Gasteiger partial charge in [-0.05, 0) is 94.1 Å². The van der Waals surface area contributed by atoms with Gasteiger partial charge in [-0.3, -0.25) is 4.79 Å². The lowest BCUT2D eigenvalue weighted by molar-refractivity contribution is -0.0687. The molecule has 1 amide bonds. The maximum atomic E-state index is 13.9. The minimum atomic E-state index is 0.0581.